The molecule has 0 fully saturated rings. The Bertz CT molecular complexity index is 449. The molecule has 20 heavy (non-hydrogen) atoms. The van der Waals surface area contributed by atoms with Crippen molar-refractivity contribution in [1.29, 1.82) is 0 Å². The summed E-state index contributed by atoms with van der Waals surface area (Å²) in [7, 11) is -1.11. The van der Waals surface area contributed by atoms with Crippen molar-refractivity contribution >= 4 is 16.7 Å². The van der Waals surface area contributed by atoms with Gasteiger partial charge in [-0.15, -0.1) is 0 Å². The maximum Gasteiger partial charge on any atom is 0.113 e. The molecule has 0 radical (unpaired) electrons. The maximum absolute atomic E-state index is 11.1. The van der Waals surface area contributed by atoms with Gasteiger partial charge in [-0.25, -0.2) is 4.21 Å². The first-order valence-electron chi connectivity index (χ1n) is 6.97. The molecule has 114 valence electrons. The first-order chi connectivity index (χ1) is 9.34. The van der Waals surface area contributed by atoms with Gasteiger partial charge in [0.15, 0.2) is 0 Å². The number of benzene rings is 1. The minimum Gasteiger partial charge on any atom is -0.387 e. The minimum atomic E-state index is -1.11. The van der Waals surface area contributed by atoms with Gasteiger partial charge < -0.3 is 15.1 Å². The maximum atomic E-state index is 11.1. The zero-order valence-corrected chi connectivity index (χ0v) is 13.6. The van der Waals surface area contributed by atoms with Crippen LogP contribution in [0.4, 0.5) is 5.69 Å². The topological polar surface area (TPSA) is 61.4 Å². The highest BCUT2D eigenvalue weighted by atomic mass is 32.2. The third kappa shape index (κ3) is 6.03. The Balaban J connectivity index is 2.63. The van der Waals surface area contributed by atoms with E-state index in [9.17, 15) is 9.32 Å². The SMILES string of the molecule is CCCC(C)(C)NC[C@H](O)c1cccc(NS(C)=O)c1. The molecule has 0 aliphatic heterocycles. The summed E-state index contributed by atoms with van der Waals surface area (Å²) in [5.74, 6) is 0. The standard InChI is InChI=1S/C15H26N2O2S/c1-5-9-15(2,3)16-11-14(18)12-7-6-8-13(10-12)17-20(4)19/h6-8,10,14,16-18H,5,9,11H2,1-4H3/t14-,20?/m0/s1. The smallest absolute Gasteiger partial charge is 0.113 e. The number of hydrogen-bond donors (Lipinski definition) is 3. The average Bonchev–Trinajstić information content (AvgIpc) is 2.35. The normalized spacial score (nSPS) is 14.8. The van der Waals surface area contributed by atoms with Crippen molar-refractivity contribution in [3.05, 3.63) is 29.8 Å². The molecule has 0 amide bonds. The summed E-state index contributed by atoms with van der Waals surface area (Å²) in [5, 5.41) is 13.6. The molecule has 3 N–H and O–H groups in total. The van der Waals surface area contributed by atoms with Crippen LogP contribution in [0.15, 0.2) is 24.3 Å². The second kappa shape index (κ2) is 7.76. The lowest BCUT2D eigenvalue weighted by Gasteiger charge is -2.27. The molecule has 1 aromatic carbocycles. The quantitative estimate of drug-likeness (QED) is 0.691. The lowest BCUT2D eigenvalue weighted by Crippen LogP contribution is -2.41. The van der Waals surface area contributed by atoms with Gasteiger partial charge in [-0.3, -0.25) is 0 Å². The fraction of sp³-hybridized carbons (Fsp3) is 0.600. The van der Waals surface area contributed by atoms with Crippen LogP contribution in [0.2, 0.25) is 0 Å². The summed E-state index contributed by atoms with van der Waals surface area (Å²) >= 11 is 0. The van der Waals surface area contributed by atoms with Crippen LogP contribution >= 0.6 is 0 Å². The van der Waals surface area contributed by atoms with Gasteiger partial charge in [-0.05, 0) is 38.0 Å². The fourth-order valence-corrected chi connectivity index (χ4v) is 2.64. The third-order valence-electron chi connectivity index (χ3n) is 3.18. The minimum absolute atomic E-state index is 0.0243. The number of aliphatic hydroxyl groups excluding tert-OH is 1. The van der Waals surface area contributed by atoms with Crippen molar-refractivity contribution in [2.24, 2.45) is 0 Å². The van der Waals surface area contributed by atoms with Crippen molar-refractivity contribution in [3.63, 3.8) is 0 Å². The number of β-amino-alcohol motifs (C(OH)–C–C–N with tert-alkyl or cyclic N) is 1. The molecule has 1 rings (SSSR count). The Kier molecular flexibility index (Phi) is 6.65. The van der Waals surface area contributed by atoms with Crippen molar-refractivity contribution in [2.45, 2.75) is 45.3 Å². The number of nitrogens with one attached hydrogen (secondary N) is 2. The van der Waals surface area contributed by atoms with E-state index < -0.39 is 17.1 Å². The highest BCUT2D eigenvalue weighted by Crippen LogP contribution is 2.19. The number of rotatable bonds is 8. The van der Waals surface area contributed by atoms with E-state index in [1.165, 1.54) is 0 Å². The Hall–Kier alpha value is -0.910. The highest BCUT2D eigenvalue weighted by molar-refractivity contribution is 7.85. The van der Waals surface area contributed by atoms with Crippen LogP contribution in [0.3, 0.4) is 0 Å². The van der Waals surface area contributed by atoms with Crippen LogP contribution < -0.4 is 10.0 Å². The summed E-state index contributed by atoms with van der Waals surface area (Å²) in [6.45, 7) is 6.94. The van der Waals surface area contributed by atoms with Gasteiger partial charge in [-0.1, -0.05) is 25.5 Å². The molecular formula is C15H26N2O2S. The van der Waals surface area contributed by atoms with Crippen molar-refractivity contribution in [1.82, 2.24) is 5.32 Å². The molecule has 0 saturated carbocycles. The van der Waals surface area contributed by atoms with E-state index in [1.807, 2.05) is 24.3 Å². The van der Waals surface area contributed by atoms with Crippen LogP contribution in [-0.4, -0.2) is 27.7 Å². The molecule has 0 aliphatic carbocycles. The molecule has 0 aliphatic rings. The molecule has 1 aromatic rings. The molecule has 5 heteroatoms. The van der Waals surface area contributed by atoms with Crippen LogP contribution in [-0.2, 0) is 11.0 Å². The van der Waals surface area contributed by atoms with Crippen molar-refractivity contribution < 1.29 is 9.32 Å². The Labute approximate surface area is 124 Å². The van der Waals surface area contributed by atoms with E-state index in [-0.39, 0.29) is 5.54 Å². The zero-order chi connectivity index (χ0) is 15.2. The first-order valence-corrected chi connectivity index (χ1v) is 8.53. The van der Waals surface area contributed by atoms with Crippen molar-refractivity contribution in [2.75, 3.05) is 17.5 Å². The molecule has 0 aromatic heterocycles. The second-order valence-electron chi connectivity index (χ2n) is 5.71. The van der Waals surface area contributed by atoms with Crippen LogP contribution in [0, 0.1) is 0 Å². The van der Waals surface area contributed by atoms with Crippen LogP contribution in [0.1, 0.15) is 45.3 Å². The number of hydrogen-bond acceptors (Lipinski definition) is 3. The van der Waals surface area contributed by atoms with Gasteiger partial charge >= 0.3 is 0 Å². The molecular weight excluding hydrogens is 272 g/mol. The van der Waals surface area contributed by atoms with E-state index in [0.29, 0.717) is 6.54 Å². The molecule has 4 nitrogen and oxygen atoms in total. The molecule has 2 atom stereocenters. The number of aliphatic hydroxyl groups is 1. The lowest BCUT2D eigenvalue weighted by molar-refractivity contribution is 0.159. The van der Waals surface area contributed by atoms with E-state index in [4.69, 9.17) is 0 Å². The van der Waals surface area contributed by atoms with E-state index >= 15 is 0 Å². The molecule has 0 saturated heterocycles. The number of anilines is 1. The Morgan fingerprint density at radius 3 is 2.70 bits per heavy atom. The van der Waals surface area contributed by atoms with Gasteiger partial charge in [0, 0.05) is 24.0 Å². The Morgan fingerprint density at radius 1 is 1.40 bits per heavy atom. The van der Waals surface area contributed by atoms with E-state index in [2.05, 4.69) is 30.8 Å². The van der Waals surface area contributed by atoms with Gasteiger partial charge in [0.25, 0.3) is 0 Å². The van der Waals surface area contributed by atoms with Gasteiger partial charge in [0.1, 0.15) is 11.0 Å². The fourth-order valence-electron chi connectivity index (χ4n) is 2.18. The van der Waals surface area contributed by atoms with E-state index in [1.54, 1.807) is 6.26 Å². The molecule has 0 heterocycles. The highest BCUT2D eigenvalue weighted by Gasteiger charge is 2.18. The summed E-state index contributed by atoms with van der Waals surface area (Å²) < 4.78 is 14.0. The largest absolute Gasteiger partial charge is 0.387 e. The second-order valence-corrected chi connectivity index (χ2v) is 6.82. The Morgan fingerprint density at radius 2 is 2.10 bits per heavy atom. The lowest BCUT2D eigenvalue weighted by atomic mass is 9.98. The molecule has 1 unspecified atom stereocenters. The predicted octanol–water partition coefficient (Wildman–Crippen LogP) is 2.59. The van der Waals surface area contributed by atoms with Gasteiger partial charge in [-0.2, -0.15) is 0 Å². The summed E-state index contributed by atoms with van der Waals surface area (Å²) in [5.41, 5.74) is 1.60. The first kappa shape index (κ1) is 17.1. The van der Waals surface area contributed by atoms with Gasteiger partial charge in [0.05, 0.1) is 6.10 Å². The summed E-state index contributed by atoms with van der Waals surface area (Å²) in [6, 6.07) is 7.40. The monoisotopic (exact) mass is 298 g/mol. The average molecular weight is 298 g/mol. The summed E-state index contributed by atoms with van der Waals surface area (Å²) in [4.78, 5) is 0. The predicted molar refractivity (Wildman–Crippen MR) is 86.1 cm³/mol. The third-order valence-corrected chi connectivity index (χ3v) is 3.71. The van der Waals surface area contributed by atoms with Gasteiger partial charge in [0.2, 0.25) is 0 Å². The summed E-state index contributed by atoms with van der Waals surface area (Å²) in [6.07, 6.45) is 3.18. The van der Waals surface area contributed by atoms with Crippen LogP contribution in [0.25, 0.3) is 0 Å². The molecule has 0 spiro atoms. The zero-order valence-electron chi connectivity index (χ0n) is 12.8. The molecule has 0 bridgehead atoms. The van der Waals surface area contributed by atoms with Crippen LogP contribution in [0.5, 0.6) is 0 Å². The van der Waals surface area contributed by atoms with Crippen molar-refractivity contribution in [3.8, 4) is 0 Å². The van der Waals surface area contributed by atoms with E-state index in [0.717, 1.165) is 24.1 Å².